The van der Waals surface area contributed by atoms with Gasteiger partial charge in [0.1, 0.15) is 0 Å². The normalized spacial score (nSPS) is 26.5. The Hall–Kier alpha value is -0.610. The van der Waals surface area contributed by atoms with Gasteiger partial charge in [-0.3, -0.25) is 4.79 Å². The van der Waals surface area contributed by atoms with Crippen LogP contribution >= 0.6 is 0 Å². The van der Waals surface area contributed by atoms with Gasteiger partial charge in [0.15, 0.2) is 0 Å². The lowest BCUT2D eigenvalue weighted by molar-refractivity contribution is -0.121. The van der Waals surface area contributed by atoms with E-state index in [9.17, 15) is 4.79 Å². The summed E-state index contributed by atoms with van der Waals surface area (Å²) in [6.07, 6.45) is 5.17. The zero-order chi connectivity index (χ0) is 12.7. The van der Waals surface area contributed by atoms with Crippen molar-refractivity contribution >= 4 is 5.91 Å². The summed E-state index contributed by atoms with van der Waals surface area (Å²) in [5.41, 5.74) is 0. The van der Waals surface area contributed by atoms with Crippen LogP contribution in [0, 0.1) is 0 Å². The molecule has 4 nitrogen and oxygen atoms in total. The van der Waals surface area contributed by atoms with Crippen molar-refractivity contribution in [2.45, 2.75) is 64.1 Å². The Morgan fingerprint density at radius 3 is 2.94 bits per heavy atom. The maximum absolute atomic E-state index is 11.6. The zero-order valence-corrected chi connectivity index (χ0v) is 11.3. The van der Waals surface area contributed by atoms with Gasteiger partial charge < -0.3 is 15.4 Å². The van der Waals surface area contributed by atoms with E-state index < -0.39 is 0 Å². The van der Waals surface area contributed by atoms with E-state index in [1.54, 1.807) is 7.11 Å². The summed E-state index contributed by atoms with van der Waals surface area (Å²) in [7, 11) is 1.68. The lowest BCUT2D eigenvalue weighted by Gasteiger charge is -2.28. The molecule has 0 aromatic carbocycles. The molecule has 17 heavy (non-hydrogen) atoms. The van der Waals surface area contributed by atoms with E-state index >= 15 is 0 Å². The van der Waals surface area contributed by atoms with Gasteiger partial charge in [-0.2, -0.15) is 0 Å². The van der Waals surface area contributed by atoms with Crippen molar-refractivity contribution in [1.29, 1.82) is 0 Å². The van der Waals surface area contributed by atoms with Crippen LogP contribution in [0.3, 0.4) is 0 Å². The van der Waals surface area contributed by atoms with Gasteiger partial charge in [0.25, 0.3) is 0 Å². The molecular formula is C13H26N2O2. The second kappa shape index (κ2) is 7.67. The van der Waals surface area contributed by atoms with Crippen LogP contribution in [0.15, 0.2) is 0 Å². The van der Waals surface area contributed by atoms with Crippen molar-refractivity contribution < 1.29 is 9.53 Å². The van der Waals surface area contributed by atoms with Crippen molar-refractivity contribution in [2.75, 3.05) is 13.7 Å². The van der Waals surface area contributed by atoms with Gasteiger partial charge >= 0.3 is 0 Å². The van der Waals surface area contributed by atoms with Crippen LogP contribution in [0.25, 0.3) is 0 Å². The fraction of sp³-hybridized carbons (Fsp3) is 0.923. The number of carbonyl (C=O) groups excluding carboxylic acids is 1. The molecule has 0 bridgehead atoms. The molecule has 0 aromatic heterocycles. The number of rotatable bonds is 6. The third-order valence-corrected chi connectivity index (χ3v) is 3.44. The van der Waals surface area contributed by atoms with E-state index in [2.05, 4.69) is 17.6 Å². The summed E-state index contributed by atoms with van der Waals surface area (Å²) in [6.45, 7) is 4.94. The minimum Gasteiger partial charge on any atom is -0.382 e. The Morgan fingerprint density at radius 1 is 1.53 bits per heavy atom. The van der Waals surface area contributed by atoms with Crippen LogP contribution in [0.1, 0.15) is 46.0 Å². The molecule has 4 heteroatoms. The van der Waals surface area contributed by atoms with Crippen molar-refractivity contribution in [1.82, 2.24) is 10.6 Å². The Bertz CT molecular complexity index is 233. The standard InChI is InChI=1S/C13H26N2O2/c1-10-5-4-6-12(15-10)9-14-13(16)8-7-11(2)17-3/h10-12,15H,4-9H2,1-3H3,(H,14,16). The van der Waals surface area contributed by atoms with Crippen molar-refractivity contribution in [3.05, 3.63) is 0 Å². The highest BCUT2D eigenvalue weighted by molar-refractivity contribution is 5.75. The minimum absolute atomic E-state index is 0.133. The zero-order valence-electron chi connectivity index (χ0n) is 11.3. The van der Waals surface area contributed by atoms with Crippen molar-refractivity contribution in [2.24, 2.45) is 0 Å². The van der Waals surface area contributed by atoms with Crippen LogP contribution in [0.2, 0.25) is 0 Å². The van der Waals surface area contributed by atoms with Crippen LogP contribution in [0.5, 0.6) is 0 Å². The second-order valence-corrected chi connectivity index (χ2v) is 5.08. The molecule has 3 atom stereocenters. The maximum atomic E-state index is 11.6. The van der Waals surface area contributed by atoms with E-state index in [1.807, 2.05) is 6.92 Å². The highest BCUT2D eigenvalue weighted by atomic mass is 16.5. The first-order chi connectivity index (χ1) is 8.11. The number of carbonyl (C=O) groups is 1. The summed E-state index contributed by atoms with van der Waals surface area (Å²) in [4.78, 5) is 11.6. The van der Waals surface area contributed by atoms with Gasteiger partial charge in [-0.05, 0) is 33.1 Å². The first-order valence-electron chi connectivity index (χ1n) is 6.67. The Morgan fingerprint density at radius 2 is 2.29 bits per heavy atom. The first-order valence-corrected chi connectivity index (χ1v) is 6.67. The van der Waals surface area contributed by atoms with Crippen LogP contribution < -0.4 is 10.6 Å². The molecule has 0 aromatic rings. The molecule has 1 heterocycles. The third kappa shape index (κ3) is 6.03. The lowest BCUT2D eigenvalue weighted by atomic mass is 9.99. The number of methoxy groups -OCH3 is 1. The fourth-order valence-electron chi connectivity index (χ4n) is 2.18. The Balaban J connectivity index is 2.10. The van der Waals surface area contributed by atoms with Crippen molar-refractivity contribution in [3.8, 4) is 0 Å². The van der Waals surface area contributed by atoms with Gasteiger partial charge in [-0.1, -0.05) is 6.42 Å². The molecule has 0 saturated carbocycles. The topological polar surface area (TPSA) is 50.4 Å². The van der Waals surface area contributed by atoms with E-state index in [4.69, 9.17) is 4.74 Å². The molecule has 1 fully saturated rings. The maximum Gasteiger partial charge on any atom is 0.220 e. The number of piperidine rings is 1. The summed E-state index contributed by atoms with van der Waals surface area (Å²) >= 11 is 0. The largest absolute Gasteiger partial charge is 0.382 e. The smallest absolute Gasteiger partial charge is 0.220 e. The highest BCUT2D eigenvalue weighted by Crippen LogP contribution is 2.11. The molecular weight excluding hydrogens is 216 g/mol. The predicted molar refractivity (Wildman–Crippen MR) is 69.0 cm³/mol. The van der Waals surface area contributed by atoms with Gasteiger partial charge in [-0.15, -0.1) is 0 Å². The highest BCUT2D eigenvalue weighted by Gasteiger charge is 2.18. The average molecular weight is 242 g/mol. The van der Waals surface area contributed by atoms with E-state index in [-0.39, 0.29) is 12.0 Å². The Kier molecular flexibility index (Phi) is 6.52. The number of amides is 1. The quantitative estimate of drug-likeness (QED) is 0.741. The fourth-order valence-corrected chi connectivity index (χ4v) is 2.18. The van der Waals surface area contributed by atoms with E-state index in [0.717, 1.165) is 13.0 Å². The molecule has 0 aliphatic carbocycles. The lowest BCUT2D eigenvalue weighted by Crippen LogP contribution is -2.47. The minimum atomic E-state index is 0.133. The number of hydrogen-bond acceptors (Lipinski definition) is 3. The number of ether oxygens (including phenoxy) is 1. The average Bonchev–Trinajstić information content (AvgIpc) is 2.33. The summed E-state index contributed by atoms with van der Waals surface area (Å²) in [6, 6.07) is 1.03. The molecule has 100 valence electrons. The second-order valence-electron chi connectivity index (χ2n) is 5.08. The number of hydrogen-bond donors (Lipinski definition) is 2. The molecule has 3 unspecified atom stereocenters. The summed E-state index contributed by atoms with van der Waals surface area (Å²) < 4.78 is 5.12. The van der Waals surface area contributed by atoms with E-state index in [0.29, 0.717) is 18.5 Å². The van der Waals surface area contributed by atoms with Crippen LogP contribution in [-0.4, -0.2) is 37.7 Å². The third-order valence-electron chi connectivity index (χ3n) is 3.44. The first kappa shape index (κ1) is 14.5. The monoisotopic (exact) mass is 242 g/mol. The molecule has 1 saturated heterocycles. The van der Waals surface area contributed by atoms with Crippen LogP contribution in [0.4, 0.5) is 0 Å². The van der Waals surface area contributed by atoms with Gasteiger partial charge in [0, 0.05) is 32.2 Å². The van der Waals surface area contributed by atoms with Gasteiger partial charge in [0.05, 0.1) is 6.10 Å². The van der Waals surface area contributed by atoms with Gasteiger partial charge in [0.2, 0.25) is 5.91 Å². The molecule has 1 aliphatic rings. The predicted octanol–water partition coefficient (Wildman–Crippen LogP) is 1.45. The van der Waals surface area contributed by atoms with E-state index in [1.165, 1.54) is 19.3 Å². The molecule has 0 radical (unpaired) electrons. The van der Waals surface area contributed by atoms with Crippen LogP contribution in [-0.2, 0) is 9.53 Å². The number of nitrogens with one attached hydrogen (secondary N) is 2. The van der Waals surface area contributed by atoms with Crippen molar-refractivity contribution in [3.63, 3.8) is 0 Å². The molecule has 1 aliphatic heterocycles. The molecule has 1 amide bonds. The molecule has 2 N–H and O–H groups in total. The molecule has 0 spiro atoms. The van der Waals surface area contributed by atoms with Gasteiger partial charge in [-0.25, -0.2) is 0 Å². The summed E-state index contributed by atoms with van der Waals surface area (Å²) in [5.74, 6) is 0.133. The Labute approximate surface area is 104 Å². The SMILES string of the molecule is COC(C)CCC(=O)NCC1CCCC(C)N1. The molecule has 1 rings (SSSR count). The summed E-state index contributed by atoms with van der Waals surface area (Å²) in [5, 5.41) is 6.50.